The summed E-state index contributed by atoms with van der Waals surface area (Å²) in [5.74, 6) is -1.64. The molecule has 0 aromatic rings. The highest BCUT2D eigenvalue weighted by atomic mass is 16.6. The molecule has 1 aliphatic heterocycles. The number of hydrogen-bond donors (Lipinski definition) is 3. The van der Waals surface area contributed by atoms with Crippen LogP contribution >= 0.6 is 0 Å². The molecule has 0 spiro atoms. The largest absolute Gasteiger partial charge is 0.480 e. The van der Waals surface area contributed by atoms with Gasteiger partial charge in [0.1, 0.15) is 17.7 Å². The standard InChI is InChI=1S/C21H36N2O6/c1-7-8-9-13(2)10-14(3)17(22-20(28)29-21(4,5)6)18(25)23-12-15(24)11-16(23)19(26)27/h7,13-17,24H,1,8-12H2,2-6H3,(H,22,28)(H,26,27)/t13-,14-,15?,16?,17+/m1/s1. The summed E-state index contributed by atoms with van der Waals surface area (Å²) in [7, 11) is 0. The Morgan fingerprint density at radius 1 is 1.31 bits per heavy atom. The number of hydrogen-bond acceptors (Lipinski definition) is 5. The van der Waals surface area contributed by atoms with E-state index in [0.29, 0.717) is 6.42 Å². The van der Waals surface area contributed by atoms with E-state index in [-0.39, 0.29) is 24.8 Å². The minimum Gasteiger partial charge on any atom is -0.480 e. The third kappa shape index (κ3) is 8.04. The summed E-state index contributed by atoms with van der Waals surface area (Å²) in [5.41, 5.74) is -0.731. The number of alkyl carbamates (subject to hydrolysis) is 1. The molecule has 0 saturated carbocycles. The predicted octanol–water partition coefficient (Wildman–Crippen LogP) is 2.55. The maximum absolute atomic E-state index is 13.2. The molecule has 8 heteroatoms. The lowest BCUT2D eigenvalue weighted by atomic mass is 9.88. The van der Waals surface area contributed by atoms with Gasteiger partial charge in [-0.2, -0.15) is 0 Å². The topological polar surface area (TPSA) is 116 Å². The van der Waals surface area contributed by atoms with Gasteiger partial charge < -0.3 is 25.2 Å². The number of aliphatic carboxylic acids is 1. The average Bonchev–Trinajstić information content (AvgIpc) is 2.97. The van der Waals surface area contributed by atoms with E-state index < -0.39 is 41.8 Å². The number of β-amino-alcohol motifs (C(OH)–C–C–N with tert-alkyl or cyclic N) is 1. The fourth-order valence-corrected chi connectivity index (χ4v) is 3.64. The van der Waals surface area contributed by atoms with Crippen LogP contribution in [0, 0.1) is 11.8 Å². The van der Waals surface area contributed by atoms with E-state index in [1.807, 2.05) is 13.0 Å². The zero-order chi connectivity index (χ0) is 22.4. The Bertz CT molecular complexity index is 600. The van der Waals surface area contributed by atoms with Crippen molar-refractivity contribution in [2.45, 2.75) is 84.1 Å². The highest BCUT2D eigenvalue weighted by Gasteiger charge is 2.43. The summed E-state index contributed by atoms with van der Waals surface area (Å²) in [5, 5.41) is 21.9. The molecule has 1 heterocycles. The molecule has 0 radical (unpaired) electrons. The summed E-state index contributed by atoms with van der Waals surface area (Å²) in [6.45, 7) is 12.7. The number of aliphatic hydroxyl groups excluding tert-OH is 1. The highest BCUT2D eigenvalue weighted by Crippen LogP contribution is 2.25. The molecule has 0 aliphatic carbocycles. The van der Waals surface area contributed by atoms with Gasteiger partial charge in [-0.05, 0) is 51.9 Å². The van der Waals surface area contributed by atoms with Crippen LogP contribution in [0.4, 0.5) is 4.79 Å². The van der Waals surface area contributed by atoms with Gasteiger partial charge in [0.05, 0.1) is 6.10 Å². The van der Waals surface area contributed by atoms with Crippen LogP contribution in [0.25, 0.3) is 0 Å². The number of carboxylic acids is 1. The van der Waals surface area contributed by atoms with Gasteiger partial charge >= 0.3 is 12.1 Å². The van der Waals surface area contributed by atoms with E-state index in [0.717, 1.165) is 17.7 Å². The van der Waals surface area contributed by atoms with Crippen molar-refractivity contribution in [3.8, 4) is 0 Å². The van der Waals surface area contributed by atoms with Crippen LogP contribution in [0.5, 0.6) is 0 Å². The summed E-state index contributed by atoms with van der Waals surface area (Å²) in [6, 6.07) is -2.05. The van der Waals surface area contributed by atoms with Crippen LogP contribution in [0.15, 0.2) is 12.7 Å². The number of carboxylic acid groups (broad SMARTS) is 1. The highest BCUT2D eigenvalue weighted by molar-refractivity contribution is 5.90. The van der Waals surface area contributed by atoms with Crippen LogP contribution in [-0.2, 0) is 14.3 Å². The van der Waals surface area contributed by atoms with Crippen molar-refractivity contribution < 1.29 is 29.3 Å². The van der Waals surface area contributed by atoms with Gasteiger partial charge in [-0.25, -0.2) is 9.59 Å². The summed E-state index contributed by atoms with van der Waals surface area (Å²) < 4.78 is 5.30. The Balaban J connectivity index is 3.01. The number of allylic oxidation sites excluding steroid dienone is 1. The molecular formula is C21H36N2O6. The monoisotopic (exact) mass is 412 g/mol. The van der Waals surface area contributed by atoms with Crippen molar-refractivity contribution in [2.24, 2.45) is 11.8 Å². The molecule has 0 aromatic heterocycles. The van der Waals surface area contributed by atoms with Crippen molar-refractivity contribution in [3.63, 3.8) is 0 Å². The van der Waals surface area contributed by atoms with E-state index in [2.05, 4.69) is 18.8 Å². The van der Waals surface area contributed by atoms with Gasteiger partial charge in [0.15, 0.2) is 0 Å². The minimum absolute atomic E-state index is 0.0235. The SMILES string of the molecule is C=CCC[C@@H](C)C[C@@H](C)[C@H](NC(=O)OC(C)(C)C)C(=O)N1CC(O)CC1C(=O)O. The molecule has 0 bridgehead atoms. The van der Waals surface area contributed by atoms with E-state index in [1.165, 1.54) is 0 Å². The summed E-state index contributed by atoms with van der Waals surface area (Å²) >= 11 is 0. The molecule has 2 amide bonds. The zero-order valence-corrected chi connectivity index (χ0v) is 18.2. The molecule has 1 rings (SSSR count). The first-order valence-corrected chi connectivity index (χ1v) is 10.2. The Labute approximate surface area is 173 Å². The number of nitrogens with one attached hydrogen (secondary N) is 1. The number of carbonyl (C=O) groups excluding carboxylic acids is 2. The third-order valence-corrected chi connectivity index (χ3v) is 4.99. The second-order valence-electron chi connectivity index (χ2n) is 9.04. The van der Waals surface area contributed by atoms with E-state index in [4.69, 9.17) is 4.74 Å². The first kappa shape index (κ1) is 24.9. The lowest BCUT2D eigenvalue weighted by molar-refractivity contribution is -0.149. The predicted molar refractivity (Wildman–Crippen MR) is 109 cm³/mol. The molecule has 1 aliphatic rings. The first-order valence-electron chi connectivity index (χ1n) is 10.2. The van der Waals surface area contributed by atoms with E-state index in [1.54, 1.807) is 20.8 Å². The second-order valence-corrected chi connectivity index (χ2v) is 9.04. The zero-order valence-electron chi connectivity index (χ0n) is 18.2. The second kappa shape index (κ2) is 10.6. The molecule has 8 nitrogen and oxygen atoms in total. The molecular weight excluding hydrogens is 376 g/mol. The smallest absolute Gasteiger partial charge is 0.408 e. The van der Waals surface area contributed by atoms with E-state index in [9.17, 15) is 24.6 Å². The number of likely N-dealkylation sites (tertiary alicyclic amines) is 1. The third-order valence-electron chi connectivity index (χ3n) is 4.99. The van der Waals surface area contributed by atoms with Crippen LogP contribution in [0.3, 0.4) is 0 Å². The van der Waals surface area contributed by atoms with Crippen molar-refractivity contribution in [2.75, 3.05) is 6.54 Å². The van der Waals surface area contributed by atoms with Crippen molar-refractivity contribution >= 4 is 18.0 Å². The van der Waals surface area contributed by atoms with Crippen molar-refractivity contribution in [1.82, 2.24) is 10.2 Å². The molecule has 1 saturated heterocycles. The molecule has 2 unspecified atom stereocenters. The average molecular weight is 413 g/mol. The fourth-order valence-electron chi connectivity index (χ4n) is 3.64. The van der Waals surface area contributed by atoms with Crippen LogP contribution in [0.1, 0.15) is 60.3 Å². The van der Waals surface area contributed by atoms with Gasteiger partial charge in [-0.15, -0.1) is 6.58 Å². The Hall–Kier alpha value is -2.09. The van der Waals surface area contributed by atoms with Crippen LogP contribution < -0.4 is 5.32 Å². The molecule has 166 valence electrons. The Morgan fingerprint density at radius 2 is 1.93 bits per heavy atom. The van der Waals surface area contributed by atoms with Gasteiger partial charge in [0.25, 0.3) is 0 Å². The van der Waals surface area contributed by atoms with Gasteiger partial charge in [0, 0.05) is 13.0 Å². The summed E-state index contributed by atoms with van der Waals surface area (Å²) in [6.07, 6.45) is 2.61. The normalized spacial score (nSPS) is 22.5. The first-order chi connectivity index (χ1) is 13.4. The van der Waals surface area contributed by atoms with Crippen LogP contribution in [-0.4, -0.2) is 63.4 Å². The Morgan fingerprint density at radius 3 is 2.45 bits per heavy atom. The van der Waals surface area contributed by atoms with Gasteiger partial charge in [-0.3, -0.25) is 4.79 Å². The summed E-state index contributed by atoms with van der Waals surface area (Å²) in [4.78, 5) is 38.2. The molecule has 1 fully saturated rings. The maximum atomic E-state index is 13.2. The number of nitrogens with zero attached hydrogens (tertiary/aromatic N) is 1. The van der Waals surface area contributed by atoms with E-state index >= 15 is 0 Å². The lowest BCUT2D eigenvalue weighted by Crippen LogP contribution is -2.55. The number of carbonyl (C=O) groups is 3. The Kier molecular flexibility index (Phi) is 9.14. The number of rotatable bonds is 9. The molecule has 0 aromatic carbocycles. The fraction of sp³-hybridized carbons (Fsp3) is 0.762. The van der Waals surface area contributed by atoms with Gasteiger partial charge in [0.2, 0.25) is 5.91 Å². The van der Waals surface area contributed by atoms with Crippen molar-refractivity contribution in [1.29, 1.82) is 0 Å². The minimum atomic E-state index is -1.17. The number of amides is 2. The number of ether oxygens (including phenoxy) is 1. The lowest BCUT2D eigenvalue weighted by Gasteiger charge is -2.32. The maximum Gasteiger partial charge on any atom is 0.408 e. The molecule has 29 heavy (non-hydrogen) atoms. The number of aliphatic hydroxyl groups is 1. The van der Waals surface area contributed by atoms with Gasteiger partial charge in [-0.1, -0.05) is 19.9 Å². The van der Waals surface area contributed by atoms with Crippen LogP contribution in [0.2, 0.25) is 0 Å². The molecule has 3 N–H and O–H groups in total. The van der Waals surface area contributed by atoms with Crippen molar-refractivity contribution in [3.05, 3.63) is 12.7 Å². The quantitative estimate of drug-likeness (QED) is 0.501. The molecule has 5 atom stereocenters.